The first-order chi connectivity index (χ1) is 9.04. The van der Waals surface area contributed by atoms with Crippen LogP contribution in [0.2, 0.25) is 0 Å². The monoisotopic (exact) mass is 304 g/mol. The van der Waals surface area contributed by atoms with E-state index >= 15 is 0 Å². The van der Waals surface area contributed by atoms with E-state index in [1.54, 1.807) is 20.8 Å². The lowest BCUT2D eigenvalue weighted by Crippen LogP contribution is -2.32. The molecule has 0 aliphatic heterocycles. The summed E-state index contributed by atoms with van der Waals surface area (Å²) in [6, 6.07) is 3.19. The molecule has 0 heterocycles. The average Bonchev–Trinajstić information content (AvgIpc) is 2.29. The summed E-state index contributed by atoms with van der Waals surface area (Å²) in [7, 11) is -3.34. The Hall–Kier alpha value is -1.63. The third-order valence-corrected chi connectivity index (χ3v) is 5.29. The largest absolute Gasteiger partial charge is 0.489 e. The Bertz CT molecular complexity index is 602. The summed E-state index contributed by atoms with van der Waals surface area (Å²) in [5.74, 6) is -2.49. The fraction of sp³-hybridized carbons (Fsp3) is 0.462. The topological polar surface area (TPSA) is 80.7 Å². The van der Waals surface area contributed by atoms with Crippen molar-refractivity contribution in [3.05, 3.63) is 29.6 Å². The van der Waals surface area contributed by atoms with Gasteiger partial charge in [0.2, 0.25) is 0 Å². The molecule has 7 heteroatoms. The fourth-order valence-electron chi connectivity index (χ4n) is 1.32. The SMILES string of the molecule is CC(C)(C)S(=O)(=O)CCOc1ccc(C(=O)O)cc1F. The van der Waals surface area contributed by atoms with Crippen LogP contribution in [0.1, 0.15) is 31.1 Å². The van der Waals surface area contributed by atoms with Crippen molar-refractivity contribution in [2.45, 2.75) is 25.5 Å². The van der Waals surface area contributed by atoms with Gasteiger partial charge in [0.05, 0.1) is 16.1 Å². The summed E-state index contributed by atoms with van der Waals surface area (Å²) in [4.78, 5) is 10.6. The Morgan fingerprint density at radius 1 is 1.35 bits per heavy atom. The number of rotatable bonds is 5. The standard InChI is InChI=1S/C13H17FO5S/c1-13(2,3)20(17,18)7-6-19-11-5-4-9(12(15)16)8-10(11)14/h4-5,8H,6-7H2,1-3H3,(H,15,16). The van der Waals surface area contributed by atoms with Crippen molar-refractivity contribution in [1.82, 2.24) is 0 Å². The number of carboxylic acids is 1. The van der Waals surface area contributed by atoms with E-state index in [1.807, 2.05) is 0 Å². The highest BCUT2D eigenvalue weighted by molar-refractivity contribution is 7.92. The Balaban J connectivity index is 2.71. The molecule has 5 nitrogen and oxygen atoms in total. The van der Waals surface area contributed by atoms with Crippen LogP contribution in [0.25, 0.3) is 0 Å². The maximum absolute atomic E-state index is 13.5. The number of hydrogen-bond donors (Lipinski definition) is 1. The van der Waals surface area contributed by atoms with Crippen molar-refractivity contribution in [2.75, 3.05) is 12.4 Å². The van der Waals surface area contributed by atoms with Crippen LogP contribution in [0.15, 0.2) is 18.2 Å². The van der Waals surface area contributed by atoms with Gasteiger partial charge in [-0.2, -0.15) is 0 Å². The third kappa shape index (κ3) is 3.93. The first kappa shape index (κ1) is 16.4. The zero-order valence-electron chi connectivity index (χ0n) is 11.5. The van der Waals surface area contributed by atoms with Gasteiger partial charge in [0.1, 0.15) is 6.61 Å². The third-order valence-electron chi connectivity index (χ3n) is 2.72. The predicted molar refractivity (Wildman–Crippen MR) is 72.4 cm³/mol. The van der Waals surface area contributed by atoms with Crippen LogP contribution in [0.5, 0.6) is 5.75 Å². The van der Waals surface area contributed by atoms with Crippen molar-refractivity contribution in [3.63, 3.8) is 0 Å². The van der Waals surface area contributed by atoms with Crippen LogP contribution >= 0.6 is 0 Å². The molecule has 1 aromatic rings. The number of carboxylic acid groups (broad SMARTS) is 1. The van der Waals surface area contributed by atoms with Gasteiger partial charge in [-0.05, 0) is 39.0 Å². The summed E-state index contributed by atoms with van der Waals surface area (Å²) in [6.07, 6.45) is 0. The molecule has 0 aliphatic rings. The minimum Gasteiger partial charge on any atom is -0.489 e. The first-order valence-corrected chi connectivity index (χ1v) is 7.58. The lowest BCUT2D eigenvalue weighted by molar-refractivity contribution is 0.0696. The molecule has 0 saturated carbocycles. The molecule has 0 radical (unpaired) electrons. The van der Waals surface area contributed by atoms with Gasteiger partial charge >= 0.3 is 5.97 Å². The molecule has 1 aromatic carbocycles. The van der Waals surface area contributed by atoms with Gasteiger partial charge in [0, 0.05) is 0 Å². The van der Waals surface area contributed by atoms with E-state index in [1.165, 1.54) is 12.1 Å². The molecule has 0 aliphatic carbocycles. The lowest BCUT2D eigenvalue weighted by atomic mass is 10.2. The molecule has 0 unspecified atom stereocenters. The highest BCUT2D eigenvalue weighted by Gasteiger charge is 2.28. The minimum atomic E-state index is -3.34. The molecule has 0 saturated heterocycles. The van der Waals surface area contributed by atoms with Crippen LogP contribution in [0, 0.1) is 5.82 Å². The summed E-state index contributed by atoms with van der Waals surface area (Å²) in [6.45, 7) is 4.53. The highest BCUT2D eigenvalue weighted by atomic mass is 32.2. The molecule has 0 atom stereocenters. The Morgan fingerprint density at radius 3 is 2.40 bits per heavy atom. The molecule has 0 bridgehead atoms. The van der Waals surface area contributed by atoms with E-state index in [0.29, 0.717) is 0 Å². The quantitative estimate of drug-likeness (QED) is 0.901. The number of sulfone groups is 1. The van der Waals surface area contributed by atoms with E-state index in [0.717, 1.165) is 6.07 Å². The van der Waals surface area contributed by atoms with Gasteiger partial charge in [0.15, 0.2) is 21.4 Å². The maximum atomic E-state index is 13.5. The van der Waals surface area contributed by atoms with Crippen LogP contribution in [0.4, 0.5) is 4.39 Å². The minimum absolute atomic E-state index is 0.167. The van der Waals surface area contributed by atoms with E-state index in [2.05, 4.69) is 0 Å². The molecule has 0 spiro atoms. The second-order valence-corrected chi connectivity index (χ2v) is 8.09. The van der Waals surface area contributed by atoms with Crippen molar-refractivity contribution in [1.29, 1.82) is 0 Å². The second kappa shape index (κ2) is 5.78. The van der Waals surface area contributed by atoms with Crippen molar-refractivity contribution < 1.29 is 27.4 Å². The molecule has 112 valence electrons. The molecule has 0 aromatic heterocycles. The number of hydrogen-bond acceptors (Lipinski definition) is 4. The second-order valence-electron chi connectivity index (χ2n) is 5.23. The van der Waals surface area contributed by atoms with Crippen molar-refractivity contribution >= 4 is 15.8 Å². The lowest BCUT2D eigenvalue weighted by Gasteiger charge is -2.19. The van der Waals surface area contributed by atoms with Crippen LogP contribution in [-0.4, -0.2) is 36.6 Å². The predicted octanol–water partition coefficient (Wildman–Crippen LogP) is 2.12. The molecule has 0 fully saturated rings. The molecule has 0 amide bonds. The molecule has 20 heavy (non-hydrogen) atoms. The number of carbonyl (C=O) groups is 1. The zero-order chi connectivity index (χ0) is 15.6. The normalized spacial score (nSPS) is 12.2. The number of ether oxygens (including phenoxy) is 1. The molecular weight excluding hydrogens is 287 g/mol. The fourth-order valence-corrected chi connectivity index (χ4v) is 2.23. The summed E-state index contributed by atoms with van der Waals surface area (Å²) in [5.41, 5.74) is -0.197. The smallest absolute Gasteiger partial charge is 0.335 e. The Kier molecular flexibility index (Phi) is 4.75. The van der Waals surface area contributed by atoms with Gasteiger partial charge in [-0.25, -0.2) is 17.6 Å². The van der Waals surface area contributed by atoms with Gasteiger partial charge in [-0.1, -0.05) is 0 Å². The van der Waals surface area contributed by atoms with Crippen LogP contribution in [0.3, 0.4) is 0 Å². The first-order valence-electron chi connectivity index (χ1n) is 5.92. The van der Waals surface area contributed by atoms with Gasteiger partial charge in [-0.15, -0.1) is 0 Å². The van der Waals surface area contributed by atoms with Gasteiger partial charge < -0.3 is 9.84 Å². The van der Waals surface area contributed by atoms with E-state index in [9.17, 15) is 17.6 Å². The van der Waals surface area contributed by atoms with E-state index < -0.39 is 26.4 Å². The number of halogens is 1. The van der Waals surface area contributed by atoms with Gasteiger partial charge in [-0.3, -0.25) is 0 Å². The van der Waals surface area contributed by atoms with E-state index in [-0.39, 0.29) is 23.7 Å². The van der Waals surface area contributed by atoms with E-state index in [4.69, 9.17) is 9.84 Å². The summed E-state index contributed by atoms with van der Waals surface area (Å²) in [5, 5.41) is 8.69. The molecular formula is C13H17FO5S. The molecule has 1 rings (SSSR count). The number of aromatic carboxylic acids is 1. The van der Waals surface area contributed by atoms with Gasteiger partial charge in [0.25, 0.3) is 0 Å². The Labute approximate surface area is 117 Å². The Morgan fingerprint density at radius 2 is 1.95 bits per heavy atom. The summed E-state index contributed by atoms with van der Waals surface area (Å²) >= 11 is 0. The van der Waals surface area contributed by atoms with Crippen molar-refractivity contribution in [3.8, 4) is 5.75 Å². The molecule has 1 N–H and O–H groups in total. The number of benzene rings is 1. The average molecular weight is 304 g/mol. The van der Waals surface area contributed by atoms with Crippen molar-refractivity contribution in [2.24, 2.45) is 0 Å². The highest BCUT2D eigenvalue weighted by Crippen LogP contribution is 2.20. The van der Waals surface area contributed by atoms with Crippen LogP contribution < -0.4 is 4.74 Å². The summed E-state index contributed by atoms with van der Waals surface area (Å²) < 4.78 is 41.3. The van der Waals surface area contributed by atoms with Crippen LogP contribution in [-0.2, 0) is 9.84 Å². The maximum Gasteiger partial charge on any atom is 0.335 e. The zero-order valence-corrected chi connectivity index (χ0v) is 12.3.